The van der Waals surface area contributed by atoms with Gasteiger partial charge in [0.1, 0.15) is 0 Å². The van der Waals surface area contributed by atoms with Gasteiger partial charge in [0.2, 0.25) is 5.91 Å². The van der Waals surface area contributed by atoms with Crippen LogP contribution >= 0.6 is 0 Å². The van der Waals surface area contributed by atoms with Gasteiger partial charge < -0.3 is 10.4 Å². The number of hydrogen-bond acceptors (Lipinski definition) is 2. The predicted octanol–water partition coefficient (Wildman–Crippen LogP) is 3.07. The summed E-state index contributed by atoms with van der Waals surface area (Å²) in [5, 5.41) is 12.2. The summed E-state index contributed by atoms with van der Waals surface area (Å²) in [5.41, 5.74) is 0. The van der Waals surface area contributed by atoms with Crippen molar-refractivity contribution >= 4 is 11.9 Å². The Balaban J connectivity index is 2.46. The average Bonchev–Trinajstić information content (AvgIpc) is 2.81. The minimum Gasteiger partial charge on any atom is -0.481 e. The molecule has 4 unspecified atom stereocenters. The van der Waals surface area contributed by atoms with Gasteiger partial charge in [0, 0.05) is 6.54 Å². The van der Waals surface area contributed by atoms with E-state index in [0.717, 1.165) is 12.8 Å². The SMILES string of the molecule is CCCCC(CC)CNC(=O)C1CC(C)CC1C(=O)O. The molecule has 0 aliphatic heterocycles. The normalized spacial score (nSPS) is 27.2. The highest BCUT2D eigenvalue weighted by Gasteiger charge is 2.41. The van der Waals surface area contributed by atoms with Crippen molar-refractivity contribution in [1.82, 2.24) is 5.32 Å². The number of carboxylic acids is 1. The maximum Gasteiger partial charge on any atom is 0.307 e. The molecule has 1 aliphatic carbocycles. The highest BCUT2D eigenvalue weighted by Crippen LogP contribution is 2.36. The topological polar surface area (TPSA) is 66.4 Å². The van der Waals surface area contributed by atoms with Crippen LogP contribution < -0.4 is 5.32 Å². The lowest BCUT2D eigenvalue weighted by molar-refractivity contribution is -0.146. The Morgan fingerprint density at radius 3 is 2.45 bits per heavy atom. The molecule has 1 aliphatic rings. The van der Waals surface area contributed by atoms with Crippen LogP contribution in [-0.2, 0) is 9.59 Å². The fourth-order valence-corrected chi connectivity index (χ4v) is 3.17. The van der Waals surface area contributed by atoms with Gasteiger partial charge in [-0.3, -0.25) is 9.59 Å². The third-order valence-corrected chi connectivity index (χ3v) is 4.56. The number of aliphatic carboxylic acids is 1. The summed E-state index contributed by atoms with van der Waals surface area (Å²) >= 11 is 0. The zero-order chi connectivity index (χ0) is 15.1. The summed E-state index contributed by atoms with van der Waals surface area (Å²) in [6, 6.07) is 0. The molecule has 20 heavy (non-hydrogen) atoms. The number of unbranched alkanes of at least 4 members (excludes halogenated alkanes) is 1. The largest absolute Gasteiger partial charge is 0.481 e. The van der Waals surface area contributed by atoms with Crippen molar-refractivity contribution in [2.75, 3.05) is 6.54 Å². The average molecular weight is 283 g/mol. The van der Waals surface area contributed by atoms with Gasteiger partial charge >= 0.3 is 5.97 Å². The minimum atomic E-state index is -0.826. The Bertz CT molecular complexity index is 330. The molecule has 1 saturated carbocycles. The minimum absolute atomic E-state index is 0.0586. The Morgan fingerprint density at radius 1 is 1.25 bits per heavy atom. The molecule has 1 rings (SSSR count). The fourth-order valence-electron chi connectivity index (χ4n) is 3.17. The quantitative estimate of drug-likeness (QED) is 0.719. The van der Waals surface area contributed by atoms with Crippen molar-refractivity contribution in [2.45, 2.75) is 59.3 Å². The van der Waals surface area contributed by atoms with Gasteiger partial charge in [-0.25, -0.2) is 0 Å². The van der Waals surface area contributed by atoms with E-state index in [9.17, 15) is 14.7 Å². The molecule has 1 amide bonds. The van der Waals surface area contributed by atoms with Crippen LogP contribution in [0.2, 0.25) is 0 Å². The van der Waals surface area contributed by atoms with E-state index in [1.165, 1.54) is 12.8 Å². The lowest BCUT2D eigenvalue weighted by Gasteiger charge is -2.19. The third kappa shape index (κ3) is 4.80. The predicted molar refractivity (Wildman–Crippen MR) is 79.3 cm³/mol. The summed E-state index contributed by atoms with van der Waals surface area (Å²) in [4.78, 5) is 23.4. The van der Waals surface area contributed by atoms with Crippen LogP contribution in [0.1, 0.15) is 59.3 Å². The van der Waals surface area contributed by atoms with Crippen LogP contribution in [-0.4, -0.2) is 23.5 Å². The number of carbonyl (C=O) groups excluding carboxylic acids is 1. The van der Waals surface area contributed by atoms with Crippen molar-refractivity contribution in [3.05, 3.63) is 0 Å². The second-order valence-corrected chi connectivity index (χ2v) is 6.29. The molecule has 0 bridgehead atoms. The maximum atomic E-state index is 12.2. The number of amides is 1. The molecule has 4 atom stereocenters. The van der Waals surface area contributed by atoms with E-state index in [1.807, 2.05) is 6.92 Å². The van der Waals surface area contributed by atoms with E-state index < -0.39 is 11.9 Å². The Morgan fingerprint density at radius 2 is 1.90 bits per heavy atom. The zero-order valence-electron chi connectivity index (χ0n) is 13.0. The third-order valence-electron chi connectivity index (χ3n) is 4.56. The van der Waals surface area contributed by atoms with Gasteiger partial charge in [0.25, 0.3) is 0 Å². The molecule has 0 heterocycles. The molecule has 0 saturated heterocycles. The second-order valence-electron chi connectivity index (χ2n) is 6.29. The molecule has 4 nitrogen and oxygen atoms in total. The van der Waals surface area contributed by atoms with E-state index in [0.29, 0.717) is 31.2 Å². The first kappa shape index (κ1) is 17.0. The van der Waals surface area contributed by atoms with Gasteiger partial charge in [-0.1, -0.05) is 40.0 Å². The van der Waals surface area contributed by atoms with Crippen molar-refractivity contribution in [3.63, 3.8) is 0 Å². The molecule has 0 aromatic heterocycles. The monoisotopic (exact) mass is 283 g/mol. The Labute approximate surface area is 122 Å². The molecule has 0 radical (unpaired) electrons. The number of carboxylic acid groups (broad SMARTS) is 1. The molecule has 4 heteroatoms. The summed E-state index contributed by atoms with van der Waals surface area (Å²) in [7, 11) is 0. The number of nitrogens with one attached hydrogen (secondary N) is 1. The molecular weight excluding hydrogens is 254 g/mol. The molecular formula is C16H29NO3. The summed E-state index contributed by atoms with van der Waals surface area (Å²) in [6.07, 6.45) is 5.88. The molecule has 0 aromatic rings. The van der Waals surface area contributed by atoms with Crippen LogP contribution in [0.15, 0.2) is 0 Å². The second kappa shape index (κ2) is 8.28. The van der Waals surface area contributed by atoms with E-state index in [-0.39, 0.29) is 11.8 Å². The van der Waals surface area contributed by atoms with Crippen molar-refractivity contribution in [3.8, 4) is 0 Å². The van der Waals surface area contributed by atoms with Crippen molar-refractivity contribution in [2.24, 2.45) is 23.7 Å². The van der Waals surface area contributed by atoms with E-state index in [2.05, 4.69) is 19.2 Å². The van der Waals surface area contributed by atoms with Gasteiger partial charge in [-0.15, -0.1) is 0 Å². The van der Waals surface area contributed by atoms with Crippen molar-refractivity contribution in [1.29, 1.82) is 0 Å². The molecule has 2 N–H and O–H groups in total. The van der Waals surface area contributed by atoms with Gasteiger partial charge in [-0.2, -0.15) is 0 Å². The van der Waals surface area contributed by atoms with Crippen LogP contribution in [0, 0.1) is 23.7 Å². The highest BCUT2D eigenvalue weighted by atomic mass is 16.4. The molecule has 0 spiro atoms. The highest BCUT2D eigenvalue weighted by molar-refractivity contribution is 5.85. The van der Waals surface area contributed by atoms with Gasteiger partial charge in [0.15, 0.2) is 0 Å². The van der Waals surface area contributed by atoms with Crippen LogP contribution in [0.25, 0.3) is 0 Å². The summed E-state index contributed by atoms with van der Waals surface area (Å²) in [5.74, 6) is -0.883. The lowest BCUT2D eigenvalue weighted by atomic mass is 9.94. The maximum absolute atomic E-state index is 12.2. The standard InChI is InChI=1S/C16H29NO3/c1-4-6-7-12(5-2)10-17-15(18)13-8-11(3)9-14(13)16(19)20/h11-14H,4-10H2,1-3H3,(H,17,18)(H,19,20). The molecule has 0 aromatic carbocycles. The molecule has 1 fully saturated rings. The molecule has 116 valence electrons. The van der Waals surface area contributed by atoms with Crippen LogP contribution in [0.5, 0.6) is 0 Å². The van der Waals surface area contributed by atoms with Crippen molar-refractivity contribution < 1.29 is 14.7 Å². The number of rotatable bonds is 8. The Kier molecular flexibility index (Phi) is 7.03. The summed E-state index contributed by atoms with van der Waals surface area (Å²) in [6.45, 7) is 7.03. The number of hydrogen-bond donors (Lipinski definition) is 2. The van der Waals surface area contributed by atoms with Crippen LogP contribution in [0.4, 0.5) is 0 Å². The van der Waals surface area contributed by atoms with Crippen LogP contribution in [0.3, 0.4) is 0 Å². The number of carbonyl (C=O) groups is 2. The van der Waals surface area contributed by atoms with E-state index >= 15 is 0 Å². The lowest BCUT2D eigenvalue weighted by Crippen LogP contribution is -2.37. The Hall–Kier alpha value is -1.06. The first-order valence-corrected chi connectivity index (χ1v) is 8.00. The summed E-state index contributed by atoms with van der Waals surface area (Å²) < 4.78 is 0. The smallest absolute Gasteiger partial charge is 0.307 e. The van der Waals surface area contributed by atoms with Gasteiger partial charge in [0.05, 0.1) is 11.8 Å². The van der Waals surface area contributed by atoms with E-state index in [4.69, 9.17) is 0 Å². The first-order valence-electron chi connectivity index (χ1n) is 8.00. The van der Waals surface area contributed by atoms with E-state index in [1.54, 1.807) is 0 Å². The fraction of sp³-hybridized carbons (Fsp3) is 0.875. The van der Waals surface area contributed by atoms with Gasteiger partial charge in [-0.05, 0) is 31.1 Å². The first-order chi connectivity index (χ1) is 9.49. The zero-order valence-corrected chi connectivity index (χ0v) is 13.0.